The second kappa shape index (κ2) is 6.77. The third-order valence-corrected chi connectivity index (χ3v) is 6.53. The molecule has 0 saturated carbocycles. The monoisotopic (exact) mass is 414 g/mol. The van der Waals surface area contributed by atoms with Crippen molar-refractivity contribution in [2.24, 2.45) is 0 Å². The topological polar surface area (TPSA) is 107 Å². The van der Waals surface area contributed by atoms with Crippen LogP contribution in [0.2, 0.25) is 0 Å². The van der Waals surface area contributed by atoms with Gasteiger partial charge in [-0.05, 0) is 41.8 Å². The number of hydrogen-bond acceptors (Lipinski definition) is 6. The molecule has 2 aromatic rings. The Labute approximate surface area is 149 Å². The lowest BCUT2D eigenvalue weighted by Crippen LogP contribution is -2.40. The Hall–Kier alpha value is -1.52. The van der Waals surface area contributed by atoms with Crippen molar-refractivity contribution in [1.82, 2.24) is 24.1 Å². The number of nitrogens with zero attached hydrogens (tertiary/aromatic N) is 5. The molecule has 0 aromatic carbocycles. The van der Waals surface area contributed by atoms with Gasteiger partial charge in [-0.15, -0.1) is 10.2 Å². The quantitative estimate of drug-likeness (QED) is 0.813. The maximum atomic E-state index is 13.0. The minimum absolute atomic E-state index is 0.0112. The Kier molecular flexibility index (Phi) is 4.88. The van der Waals surface area contributed by atoms with Crippen molar-refractivity contribution in [2.75, 3.05) is 18.8 Å². The fourth-order valence-corrected chi connectivity index (χ4v) is 5.07. The minimum atomic E-state index is -3.70. The molecule has 2 aromatic heterocycles. The van der Waals surface area contributed by atoms with E-state index in [1.54, 1.807) is 6.33 Å². The van der Waals surface area contributed by atoms with Gasteiger partial charge in [-0.1, -0.05) is 0 Å². The Balaban J connectivity index is 1.90. The van der Waals surface area contributed by atoms with Crippen LogP contribution in [0.5, 0.6) is 0 Å². The van der Waals surface area contributed by atoms with Gasteiger partial charge in [0.25, 0.3) is 0 Å². The van der Waals surface area contributed by atoms with Crippen LogP contribution >= 0.6 is 15.9 Å². The summed E-state index contributed by atoms with van der Waals surface area (Å²) in [6.45, 7) is 3.60. The highest BCUT2D eigenvalue weighted by molar-refractivity contribution is 9.10. The van der Waals surface area contributed by atoms with Crippen molar-refractivity contribution in [3.8, 4) is 0 Å². The molecular weight excluding hydrogens is 396 g/mol. The molecule has 0 aliphatic carbocycles. The number of halogens is 1. The standard InChI is InChI=1S/C14H19BrN6O2S/c1-2-20-9-18-19-14(20)10-4-3-5-21(8-10)24(22,23)12-6-11(15)7-17-13(12)16/h6-7,9-10H,2-5,8H2,1H3,(H2,16,17). The molecule has 24 heavy (non-hydrogen) atoms. The van der Waals surface area contributed by atoms with Gasteiger partial charge in [-0.2, -0.15) is 4.31 Å². The molecule has 1 saturated heterocycles. The van der Waals surface area contributed by atoms with Gasteiger partial charge in [0, 0.05) is 36.2 Å². The lowest BCUT2D eigenvalue weighted by atomic mass is 9.99. The number of pyridine rings is 1. The highest BCUT2D eigenvalue weighted by atomic mass is 79.9. The molecule has 8 nitrogen and oxygen atoms in total. The summed E-state index contributed by atoms with van der Waals surface area (Å²) in [4.78, 5) is 3.97. The second-order valence-electron chi connectivity index (χ2n) is 5.71. The number of nitrogen functional groups attached to an aromatic ring is 1. The van der Waals surface area contributed by atoms with Crippen molar-refractivity contribution in [1.29, 1.82) is 0 Å². The Morgan fingerprint density at radius 3 is 3.00 bits per heavy atom. The van der Waals surface area contributed by atoms with E-state index < -0.39 is 10.0 Å². The maximum absolute atomic E-state index is 13.0. The number of anilines is 1. The van der Waals surface area contributed by atoms with Gasteiger partial charge in [-0.25, -0.2) is 13.4 Å². The number of aromatic nitrogens is 4. The van der Waals surface area contributed by atoms with Crippen LogP contribution in [0.1, 0.15) is 31.5 Å². The fraction of sp³-hybridized carbons (Fsp3) is 0.500. The zero-order valence-corrected chi connectivity index (χ0v) is 15.7. The van der Waals surface area contributed by atoms with Gasteiger partial charge in [-0.3, -0.25) is 0 Å². The number of nitrogens with two attached hydrogens (primary N) is 1. The maximum Gasteiger partial charge on any atom is 0.246 e. The van der Waals surface area contributed by atoms with E-state index in [1.165, 1.54) is 16.6 Å². The summed E-state index contributed by atoms with van der Waals surface area (Å²) in [6, 6.07) is 1.50. The van der Waals surface area contributed by atoms with Gasteiger partial charge in [0.1, 0.15) is 22.9 Å². The third kappa shape index (κ3) is 3.17. The molecular formula is C14H19BrN6O2S. The van der Waals surface area contributed by atoms with E-state index in [2.05, 4.69) is 31.1 Å². The average Bonchev–Trinajstić information content (AvgIpc) is 3.06. The highest BCUT2D eigenvalue weighted by Gasteiger charge is 2.34. The highest BCUT2D eigenvalue weighted by Crippen LogP contribution is 2.31. The molecule has 1 fully saturated rings. The number of sulfonamides is 1. The Morgan fingerprint density at radius 2 is 2.25 bits per heavy atom. The van der Waals surface area contributed by atoms with E-state index in [4.69, 9.17) is 5.73 Å². The first-order valence-electron chi connectivity index (χ1n) is 7.72. The molecule has 0 spiro atoms. The molecule has 10 heteroatoms. The molecule has 3 rings (SSSR count). The average molecular weight is 415 g/mol. The van der Waals surface area contributed by atoms with Gasteiger partial charge in [0.05, 0.1) is 0 Å². The lowest BCUT2D eigenvalue weighted by molar-refractivity contribution is 0.305. The van der Waals surface area contributed by atoms with Crippen LogP contribution in [0.3, 0.4) is 0 Å². The predicted molar refractivity (Wildman–Crippen MR) is 92.8 cm³/mol. The van der Waals surface area contributed by atoms with Gasteiger partial charge in [0.2, 0.25) is 10.0 Å². The molecule has 1 atom stereocenters. The first-order chi connectivity index (χ1) is 11.4. The first kappa shape index (κ1) is 17.3. The minimum Gasteiger partial charge on any atom is -0.383 e. The van der Waals surface area contributed by atoms with Crippen molar-refractivity contribution in [2.45, 2.75) is 37.1 Å². The van der Waals surface area contributed by atoms with Crippen LogP contribution in [-0.2, 0) is 16.6 Å². The SMILES string of the molecule is CCn1cnnc1C1CCCN(S(=O)(=O)c2cc(Br)cnc2N)C1. The van der Waals surface area contributed by atoms with E-state index in [0.717, 1.165) is 25.2 Å². The number of aryl methyl sites for hydroxylation is 1. The summed E-state index contributed by atoms with van der Waals surface area (Å²) in [6.07, 6.45) is 4.81. The van der Waals surface area contributed by atoms with Gasteiger partial charge < -0.3 is 10.3 Å². The smallest absolute Gasteiger partial charge is 0.246 e. The van der Waals surface area contributed by atoms with Crippen molar-refractivity contribution in [3.05, 3.63) is 28.9 Å². The summed E-state index contributed by atoms with van der Waals surface area (Å²) in [5.74, 6) is 0.868. The van der Waals surface area contributed by atoms with E-state index in [-0.39, 0.29) is 16.6 Å². The van der Waals surface area contributed by atoms with Gasteiger partial charge >= 0.3 is 0 Å². The van der Waals surface area contributed by atoms with E-state index in [1.807, 2.05) is 11.5 Å². The zero-order chi connectivity index (χ0) is 17.3. The molecule has 0 amide bonds. The summed E-state index contributed by atoms with van der Waals surface area (Å²) in [7, 11) is -3.70. The Morgan fingerprint density at radius 1 is 1.46 bits per heavy atom. The number of piperidine rings is 1. The van der Waals surface area contributed by atoms with Gasteiger partial charge in [0.15, 0.2) is 0 Å². The molecule has 1 aliphatic rings. The van der Waals surface area contributed by atoms with E-state index in [9.17, 15) is 8.42 Å². The zero-order valence-electron chi connectivity index (χ0n) is 13.3. The first-order valence-corrected chi connectivity index (χ1v) is 9.95. The Bertz CT molecular complexity index is 838. The molecule has 1 unspecified atom stereocenters. The van der Waals surface area contributed by atoms with Crippen LogP contribution in [0.4, 0.5) is 5.82 Å². The van der Waals surface area contributed by atoms with Crippen molar-refractivity contribution in [3.63, 3.8) is 0 Å². The molecule has 1 aliphatic heterocycles. The van der Waals surface area contributed by atoms with Crippen LogP contribution in [-0.4, -0.2) is 45.6 Å². The normalized spacial score (nSPS) is 19.5. The molecule has 3 heterocycles. The van der Waals surface area contributed by atoms with Crippen LogP contribution in [0.25, 0.3) is 0 Å². The van der Waals surface area contributed by atoms with E-state index >= 15 is 0 Å². The van der Waals surface area contributed by atoms with Crippen molar-refractivity contribution < 1.29 is 8.42 Å². The number of hydrogen-bond donors (Lipinski definition) is 1. The molecule has 130 valence electrons. The largest absolute Gasteiger partial charge is 0.383 e. The molecule has 0 bridgehead atoms. The third-order valence-electron chi connectivity index (χ3n) is 4.20. The summed E-state index contributed by atoms with van der Waals surface area (Å²) in [5, 5.41) is 8.13. The summed E-state index contributed by atoms with van der Waals surface area (Å²) >= 11 is 3.25. The molecule has 2 N–H and O–H groups in total. The van der Waals surface area contributed by atoms with E-state index in [0.29, 0.717) is 17.6 Å². The molecule has 0 radical (unpaired) electrons. The predicted octanol–water partition coefficient (Wildman–Crippen LogP) is 1.61. The summed E-state index contributed by atoms with van der Waals surface area (Å²) in [5.41, 5.74) is 5.79. The van der Waals surface area contributed by atoms with Crippen LogP contribution in [0.15, 0.2) is 28.0 Å². The van der Waals surface area contributed by atoms with Crippen LogP contribution < -0.4 is 5.73 Å². The number of rotatable bonds is 4. The lowest BCUT2D eigenvalue weighted by Gasteiger charge is -2.31. The second-order valence-corrected chi connectivity index (χ2v) is 8.54. The van der Waals surface area contributed by atoms with Crippen molar-refractivity contribution >= 4 is 31.8 Å². The van der Waals surface area contributed by atoms with Crippen LogP contribution in [0, 0.1) is 0 Å². The fourth-order valence-electron chi connectivity index (χ4n) is 2.97. The summed E-state index contributed by atoms with van der Waals surface area (Å²) < 4.78 is 29.9.